The lowest BCUT2D eigenvalue weighted by Crippen LogP contribution is -2.26. The first-order valence-corrected chi connectivity index (χ1v) is 12.3. The topological polar surface area (TPSA) is 16.4 Å². The van der Waals surface area contributed by atoms with Crippen molar-refractivity contribution in [1.29, 1.82) is 0 Å². The Balaban J connectivity index is 1.46. The molecule has 1 aromatic heterocycles. The standard InChI is InChI=1S/C32H28F3NO/c1-22-7-5-10-27(19-22)25-15-13-24(14-16-25)20-36(21-28-17-18-31(37-28)32(33,34)35)23(2)29-12-6-9-26-8-3-4-11-30(26)29/h3-19,23H,20-21H2,1-2H3. The molecular weight excluding hydrogens is 471 g/mol. The van der Waals surface area contributed by atoms with Crippen LogP contribution >= 0.6 is 0 Å². The van der Waals surface area contributed by atoms with Crippen molar-refractivity contribution in [1.82, 2.24) is 4.90 Å². The fourth-order valence-corrected chi connectivity index (χ4v) is 4.82. The maximum Gasteiger partial charge on any atom is 0.449 e. The summed E-state index contributed by atoms with van der Waals surface area (Å²) < 4.78 is 44.7. The third-order valence-corrected chi connectivity index (χ3v) is 6.81. The number of halogens is 3. The van der Waals surface area contributed by atoms with Gasteiger partial charge in [0, 0.05) is 12.6 Å². The van der Waals surface area contributed by atoms with Gasteiger partial charge in [-0.3, -0.25) is 4.90 Å². The second kappa shape index (κ2) is 10.3. The van der Waals surface area contributed by atoms with Gasteiger partial charge < -0.3 is 4.42 Å². The summed E-state index contributed by atoms with van der Waals surface area (Å²) in [6, 6.07) is 33.4. The van der Waals surface area contributed by atoms with Crippen LogP contribution in [0.2, 0.25) is 0 Å². The van der Waals surface area contributed by atoms with Gasteiger partial charge in [0.15, 0.2) is 0 Å². The van der Waals surface area contributed by atoms with E-state index in [9.17, 15) is 13.2 Å². The summed E-state index contributed by atoms with van der Waals surface area (Å²) in [5.74, 6) is -0.682. The monoisotopic (exact) mass is 499 g/mol. The summed E-state index contributed by atoms with van der Waals surface area (Å²) in [5, 5.41) is 2.26. The van der Waals surface area contributed by atoms with Crippen LogP contribution < -0.4 is 0 Å². The molecule has 0 spiro atoms. The Bertz CT molecular complexity index is 1500. The van der Waals surface area contributed by atoms with Crippen LogP contribution in [0, 0.1) is 6.92 Å². The fourth-order valence-electron chi connectivity index (χ4n) is 4.82. The van der Waals surface area contributed by atoms with Gasteiger partial charge in [-0.1, -0.05) is 96.6 Å². The molecule has 0 saturated carbocycles. The van der Waals surface area contributed by atoms with Crippen LogP contribution in [0.5, 0.6) is 0 Å². The number of hydrogen-bond acceptors (Lipinski definition) is 2. The zero-order chi connectivity index (χ0) is 26.0. The van der Waals surface area contributed by atoms with Crippen LogP contribution in [0.15, 0.2) is 108 Å². The first-order chi connectivity index (χ1) is 17.8. The van der Waals surface area contributed by atoms with Crippen LogP contribution in [-0.4, -0.2) is 4.90 Å². The van der Waals surface area contributed by atoms with Crippen molar-refractivity contribution in [3.63, 3.8) is 0 Å². The van der Waals surface area contributed by atoms with E-state index in [2.05, 4.69) is 85.5 Å². The lowest BCUT2D eigenvalue weighted by atomic mass is 9.97. The quantitative estimate of drug-likeness (QED) is 0.222. The minimum absolute atomic E-state index is 0.0676. The number of rotatable bonds is 7. The number of fused-ring (bicyclic) bond motifs is 1. The van der Waals surface area contributed by atoms with Gasteiger partial charge in [0.25, 0.3) is 0 Å². The van der Waals surface area contributed by atoms with E-state index >= 15 is 0 Å². The first kappa shape index (κ1) is 24.8. The molecule has 0 aliphatic heterocycles. The van der Waals surface area contributed by atoms with E-state index in [1.165, 1.54) is 11.6 Å². The molecule has 188 valence electrons. The summed E-state index contributed by atoms with van der Waals surface area (Å²) in [6.45, 7) is 4.97. The number of hydrogen-bond donors (Lipinski definition) is 0. The molecule has 0 aliphatic rings. The summed E-state index contributed by atoms with van der Waals surface area (Å²) in [5.41, 5.74) is 5.68. The molecule has 0 radical (unpaired) electrons. The van der Waals surface area contributed by atoms with Crippen LogP contribution in [0.4, 0.5) is 13.2 Å². The molecule has 0 amide bonds. The molecule has 1 unspecified atom stereocenters. The molecule has 2 nitrogen and oxygen atoms in total. The van der Waals surface area contributed by atoms with Crippen LogP contribution in [0.1, 0.15) is 41.2 Å². The predicted octanol–water partition coefficient (Wildman–Crippen LogP) is 9.19. The Morgan fingerprint density at radius 1 is 0.757 bits per heavy atom. The summed E-state index contributed by atoms with van der Waals surface area (Å²) in [4.78, 5) is 2.16. The van der Waals surface area contributed by atoms with Crippen LogP contribution in [0.25, 0.3) is 21.9 Å². The molecule has 5 rings (SSSR count). The van der Waals surface area contributed by atoms with Crippen molar-refractivity contribution in [2.45, 2.75) is 39.2 Å². The highest BCUT2D eigenvalue weighted by molar-refractivity contribution is 5.86. The molecule has 0 N–H and O–H groups in total. The molecule has 0 fully saturated rings. The highest BCUT2D eigenvalue weighted by Gasteiger charge is 2.35. The van der Waals surface area contributed by atoms with Crippen molar-refractivity contribution in [2.24, 2.45) is 0 Å². The second-order valence-corrected chi connectivity index (χ2v) is 9.48. The van der Waals surface area contributed by atoms with Gasteiger partial charge >= 0.3 is 6.18 Å². The highest BCUT2D eigenvalue weighted by atomic mass is 19.4. The Morgan fingerprint density at radius 2 is 1.49 bits per heavy atom. The van der Waals surface area contributed by atoms with E-state index in [1.807, 2.05) is 24.3 Å². The summed E-state index contributed by atoms with van der Waals surface area (Å²) in [7, 11) is 0. The lowest BCUT2D eigenvalue weighted by molar-refractivity contribution is -0.153. The van der Waals surface area contributed by atoms with Gasteiger partial charge in [0.05, 0.1) is 6.54 Å². The van der Waals surface area contributed by atoms with Crippen molar-refractivity contribution in [3.05, 3.63) is 131 Å². The zero-order valence-corrected chi connectivity index (χ0v) is 20.8. The third kappa shape index (κ3) is 5.62. The van der Waals surface area contributed by atoms with E-state index in [0.717, 1.165) is 39.1 Å². The largest absolute Gasteiger partial charge is 0.455 e. The van der Waals surface area contributed by atoms with Crippen LogP contribution in [-0.2, 0) is 19.3 Å². The smallest absolute Gasteiger partial charge is 0.449 e. The third-order valence-electron chi connectivity index (χ3n) is 6.81. The highest BCUT2D eigenvalue weighted by Crippen LogP contribution is 2.34. The molecule has 4 aromatic carbocycles. The van der Waals surface area contributed by atoms with Gasteiger partial charge in [-0.15, -0.1) is 0 Å². The van der Waals surface area contributed by atoms with Crippen LogP contribution in [0.3, 0.4) is 0 Å². The van der Waals surface area contributed by atoms with Gasteiger partial charge in [-0.2, -0.15) is 13.2 Å². The second-order valence-electron chi connectivity index (χ2n) is 9.48. The van der Waals surface area contributed by atoms with Crippen molar-refractivity contribution >= 4 is 10.8 Å². The van der Waals surface area contributed by atoms with E-state index in [1.54, 1.807) is 0 Å². The van der Waals surface area contributed by atoms with E-state index < -0.39 is 11.9 Å². The van der Waals surface area contributed by atoms with Gasteiger partial charge in [-0.05, 0) is 59.0 Å². The average molecular weight is 500 g/mol. The molecule has 1 atom stereocenters. The minimum Gasteiger partial charge on any atom is -0.455 e. The van der Waals surface area contributed by atoms with E-state index in [0.29, 0.717) is 6.54 Å². The van der Waals surface area contributed by atoms with Crippen molar-refractivity contribution in [3.8, 4) is 11.1 Å². The molecule has 0 aliphatic carbocycles. The fraction of sp³-hybridized carbons (Fsp3) is 0.188. The van der Waals surface area contributed by atoms with Gasteiger partial charge in [0.1, 0.15) is 5.76 Å². The van der Waals surface area contributed by atoms with Crippen molar-refractivity contribution in [2.75, 3.05) is 0 Å². The molecular formula is C32H28F3NO. The van der Waals surface area contributed by atoms with Crippen molar-refractivity contribution < 1.29 is 17.6 Å². The first-order valence-electron chi connectivity index (χ1n) is 12.3. The lowest BCUT2D eigenvalue weighted by Gasteiger charge is -2.30. The maximum absolute atomic E-state index is 13.2. The average Bonchev–Trinajstić information content (AvgIpc) is 3.37. The SMILES string of the molecule is Cc1cccc(-c2ccc(CN(Cc3ccc(C(F)(F)F)o3)C(C)c3cccc4ccccc34)cc2)c1. The number of furan rings is 1. The number of aryl methyl sites for hydroxylation is 1. The van der Waals surface area contributed by atoms with Gasteiger partial charge in [-0.25, -0.2) is 0 Å². The Morgan fingerprint density at radius 3 is 2.22 bits per heavy atom. The minimum atomic E-state index is -4.50. The summed E-state index contributed by atoms with van der Waals surface area (Å²) in [6.07, 6.45) is -4.50. The molecule has 5 heteroatoms. The molecule has 0 saturated heterocycles. The molecule has 1 heterocycles. The Labute approximate surface area is 215 Å². The van der Waals surface area contributed by atoms with E-state index in [-0.39, 0.29) is 18.3 Å². The number of benzene rings is 4. The van der Waals surface area contributed by atoms with E-state index in [4.69, 9.17) is 4.42 Å². The van der Waals surface area contributed by atoms with Gasteiger partial charge in [0.2, 0.25) is 5.76 Å². The normalized spacial score (nSPS) is 12.8. The Kier molecular flexibility index (Phi) is 6.90. The Hall–Kier alpha value is -3.83. The maximum atomic E-state index is 13.2. The molecule has 5 aromatic rings. The summed E-state index contributed by atoms with van der Waals surface area (Å²) >= 11 is 0. The predicted molar refractivity (Wildman–Crippen MR) is 142 cm³/mol. The molecule has 37 heavy (non-hydrogen) atoms. The zero-order valence-electron chi connectivity index (χ0n) is 20.8. The number of alkyl halides is 3. The number of nitrogens with zero attached hydrogens (tertiary/aromatic N) is 1. The molecule has 0 bridgehead atoms.